The molecule has 0 aliphatic heterocycles. The quantitative estimate of drug-likeness (QED) is 0.282. The maximum atomic E-state index is 12.4. The first-order chi connectivity index (χ1) is 8.43. The van der Waals surface area contributed by atoms with Crippen molar-refractivity contribution in [3.05, 3.63) is 29.8 Å². The number of ether oxygens (including phenoxy) is 1. The van der Waals surface area contributed by atoms with Crippen LogP contribution < -0.4 is 10.5 Å². The summed E-state index contributed by atoms with van der Waals surface area (Å²) in [4.78, 5) is 0. The number of hydrogen-bond donors (Lipinski definition) is 2. The molecule has 100 valence electrons. The molecule has 0 radical (unpaired) electrons. The molecule has 0 atom stereocenters. The van der Waals surface area contributed by atoms with E-state index in [1.165, 1.54) is 12.1 Å². The van der Waals surface area contributed by atoms with Gasteiger partial charge in [-0.25, -0.2) is 0 Å². The van der Waals surface area contributed by atoms with Gasteiger partial charge in [0, 0.05) is 6.42 Å². The highest BCUT2D eigenvalue weighted by molar-refractivity contribution is 5.79. The van der Waals surface area contributed by atoms with Gasteiger partial charge in [-0.1, -0.05) is 11.2 Å². The van der Waals surface area contributed by atoms with Crippen LogP contribution in [0.1, 0.15) is 18.4 Å². The van der Waals surface area contributed by atoms with Gasteiger partial charge < -0.3 is 15.7 Å². The lowest BCUT2D eigenvalue weighted by Crippen LogP contribution is -2.13. The molecule has 0 aliphatic rings. The van der Waals surface area contributed by atoms with Gasteiger partial charge in [-0.3, -0.25) is 0 Å². The van der Waals surface area contributed by atoms with Crippen molar-refractivity contribution in [1.29, 1.82) is 0 Å². The summed E-state index contributed by atoms with van der Waals surface area (Å²) < 4.78 is 42.3. The molecule has 0 spiro atoms. The minimum Gasteiger partial charge on any atom is -0.494 e. The number of oxime groups is 1. The first-order valence-electron chi connectivity index (χ1n) is 5.20. The predicted octanol–water partition coefficient (Wildman–Crippen LogP) is 2.61. The molecular weight excluding hydrogens is 249 g/mol. The van der Waals surface area contributed by atoms with Crippen molar-refractivity contribution in [1.82, 2.24) is 0 Å². The summed E-state index contributed by atoms with van der Waals surface area (Å²) in [6, 6.07) is 4.63. The van der Waals surface area contributed by atoms with Gasteiger partial charge in [0.2, 0.25) is 0 Å². The fourth-order valence-electron chi connectivity index (χ4n) is 1.26. The minimum atomic E-state index is -4.38. The van der Waals surface area contributed by atoms with Gasteiger partial charge >= 0.3 is 6.18 Å². The fraction of sp³-hybridized carbons (Fsp3) is 0.364. The van der Waals surface area contributed by atoms with E-state index < -0.39 is 11.7 Å². The summed E-state index contributed by atoms with van der Waals surface area (Å²) in [7, 11) is 0. The van der Waals surface area contributed by atoms with Crippen molar-refractivity contribution in [2.45, 2.75) is 19.0 Å². The Bertz CT molecular complexity index is 419. The van der Waals surface area contributed by atoms with Crippen molar-refractivity contribution in [2.75, 3.05) is 6.61 Å². The van der Waals surface area contributed by atoms with Crippen molar-refractivity contribution in [3.63, 3.8) is 0 Å². The van der Waals surface area contributed by atoms with Gasteiger partial charge in [-0.05, 0) is 24.6 Å². The predicted molar refractivity (Wildman–Crippen MR) is 59.6 cm³/mol. The second-order valence-electron chi connectivity index (χ2n) is 3.57. The van der Waals surface area contributed by atoms with Gasteiger partial charge in [0.1, 0.15) is 11.6 Å². The van der Waals surface area contributed by atoms with E-state index in [0.29, 0.717) is 12.8 Å². The molecule has 7 heteroatoms. The fourth-order valence-corrected chi connectivity index (χ4v) is 1.26. The van der Waals surface area contributed by atoms with Gasteiger partial charge in [0.05, 0.1) is 12.2 Å². The average molecular weight is 262 g/mol. The Morgan fingerprint density at radius 1 is 1.39 bits per heavy atom. The van der Waals surface area contributed by atoms with E-state index in [0.717, 1.165) is 12.1 Å². The molecule has 0 saturated heterocycles. The summed E-state index contributed by atoms with van der Waals surface area (Å²) in [5, 5.41) is 11.0. The van der Waals surface area contributed by atoms with E-state index in [9.17, 15) is 13.2 Å². The highest BCUT2D eigenvalue weighted by Crippen LogP contribution is 2.31. The SMILES string of the molecule is N/C(CCCOc1cccc(C(F)(F)F)c1)=N\O. The van der Waals surface area contributed by atoms with Crippen molar-refractivity contribution in [3.8, 4) is 5.75 Å². The monoisotopic (exact) mass is 262 g/mol. The number of nitrogens with two attached hydrogens (primary N) is 1. The second kappa shape index (κ2) is 6.13. The molecule has 0 aliphatic carbocycles. The highest BCUT2D eigenvalue weighted by atomic mass is 19.4. The molecular formula is C11H13F3N2O2. The van der Waals surface area contributed by atoms with Crippen LogP contribution in [0.15, 0.2) is 29.4 Å². The highest BCUT2D eigenvalue weighted by Gasteiger charge is 2.30. The van der Waals surface area contributed by atoms with E-state index in [1.807, 2.05) is 0 Å². The average Bonchev–Trinajstić information content (AvgIpc) is 2.33. The zero-order valence-electron chi connectivity index (χ0n) is 9.44. The summed E-state index contributed by atoms with van der Waals surface area (Å²) in [6.45, 7) is 0.192. The first kappa shape index (κ1) is 14.1. The molecule has 1 aromatic rings. The Labute approximate surface area is 102 Å². The van der Waals surface area contributed by atoms with Crippen LogP contribution in [0.5, 0.6) is 5.75 Å². The smallest absolute Gasteiger partial charge is 0.416 e. The number of rotatable bonds is 5. The molecule has 4 nitrogen and oxygen atoms in total. The molecule has 0 amide bonds. The van der Waals surface area contributed by atoms with E-state index >= 15 is 0 Å². The molecule has 1 aromatic carbocycles. The van der Waals surface area contributed by atoms with Crippen LogP contribution in [0.25, 0.3) is 0 Å². The Morgan fingerprint density at radius 2 is 2.11 bits per heavy atom. The van der Waals surface area contributed by atoms with Crippen LogP contribution in [-0.2, 0) is 6.18 Å². The summed E-state index contributed by atoms with van der Waals surface area (Å²) in [5.41, 5.74) is 4.48. The van der Waals surface area contributed by atoms with Crippen LogP contribution in [0.2, 0.25) is 0 Å². The second-order valence-corrected chi connectivity index (χ2v) is 3.57. The molecule has 0 heterocycles. The molecule has 18 heavy (non-hydrogen) atoms. The maximum Gasteiger partial charge on any atom is 0.416 e. The minimum absolute atomic E-state index is 0.0580. The standard InChI is InChI=1S/C11H13F3N2O2/c12-11(13,14)8-3-1-4-9(7-8)18-6-2-5-10(15)16-17/h1,3-4,7,17H,2,5-6H2,(H2,15,16). The lowest BCUT2D eigenvalue weighted by atomic mass is 10.2. The summed E-state index contributed by atoms with van der Waals surface area (Å²) >= 11 is 0. The maximum absolute atomic E-state index is 12.4. The number of alkyl halides is 3. The molecule has 0 bridgehead atoms. The van der Waals surface area contributed by atoms with Gasteiger partial charge in [-0.2, -0.15) is 13.2 Å². The lowest BCUT2D eigenvalue weighted by Gasteiger charge is -2.09. The number of benzene rings is 1. The molecule has 0 unspecified atom stereocenters. The zero-order valence-corrected chi connectivity index (χ0v) is 9.44. The van der Waals surface area contributed by atoms with Crippen LogP contribution in [0, 0.1) is 0 Å². The van der Waals surface area contributed by atoms with Crippen LogP contribution in [0.4, 0.5) is 13.2 Å². The third kappa shape index (κ3) is 4.52. The van der Waals surface area contributed by atoms with E-state index in [-0.39, 0.29) is 18.2 Å². The number of amidine groups is 1. The van der Waals surface area contributed by atoms with E-state index in [2.05, 4.69) is 5.16 Å². The van der Waals surface area contributed by atoms with Gasteiger partial charge in [0.25, 0.3) is 0 Å². The molecule has 0 fully saturated rings. The largest absolute Gasteiger partial charge is 0.494 e. The van der Waals surface area contributed by atoms with E-state index in [1.54, 1.807) is 0 Å². The molecule has 0 saturated carbocycles. The third-order valence-electron chi connectivity index (χ3n) is 2.14. The summed E-state index contributed by atoms with van der Waals surface area (Å²) in [6.07, 6.45) is -3.62. The van der Waals surface area contributed by atoms with Gasteiger partial charge in [0.15, 0.2) is 0 Å². The Hall–Kier alpha value is -1.92. The van der Waals surface area contributed by atoms with Crippen LogP contribution >= 0.6 is 0 Å². The number of hydrogen-bond acceptors (Lipinski definition) is 3. The van der Waals surface area contributed by atoms with Gasteiger partial charge in [-0.15, -0.1) is 0 Å². The Kier molecular flexibility index (Phi) is 4.82. The van der Waals surface area contributed by atoms with Crippen LogP contribution in [0.3, 0.4) is 0 Å². The first-order valence-corrected chi connectivity index (χ1v) is 5.20. The van der Waals surface area contributed by atoms with E-state index in [4.69, 9.17) is 15.7 Å². The number of halogens is 3. The number of nitrogens with zero attached hydrogens (tertiary/aromatic N) is 1. The molecule has 3 N–H and O–H groups in total. The third-order valence-corrected chi connectivity index (χ3v) is 2.14. The Balaban J connectivity index is 2.48. The molecule has 1 rings (SSSR count). The topological polar surface area (TPSA) is 67.8 Å². The summed E-state index contributed by atoms with van der Waals surface area (Å²) in [5.74, 6) is 0.201. The Morgan fingerprint density at radius 3 is 2.72 bits per heavy atom. The van der Waals surface area contributed by atoms with Crippen molar-refractivity contribution < 1.29 is 23.1 Å². The van der Waals surface area contributed by atoms with Crippen LogP contribution in [-0.4, -0.2) is 17.6 Å². The van der Waals surface area contributed by atoms with Crippen molar-refractivity contribution in [2.24, 2.45) is 10.9 Å². The normalized spacial score (nSPS) is 12.5. The zero-order chi connectivity index (χ0) is 13.6. The molecule has 0 aromatic heterocycles. The lowest BCUT2D eigenvalue weighted by molar-refractivity contribution is -0.137. The van der Waals surface area contributed by atoms with Crippen molar-refractivity contribution >= 4 is 5.84 Å².